The molecule has 0 saturated heterocycles. The van der Waals surface area contributed by atoms with Crippen LogP contribution in [0.15, 0.2) is 156 Å². The predicted molar refractivity (Wildman–Crippen MR) is 193 cm³/mol. The van der Waals surface area contributed by atoms with Crippen molar-refractivity contribution in [2.24, 2.45) is 0 Å². The van der Waals surface area contributed by atoms with Crippen LogP contribution in [0.25, 0.3) is 88.1 Å². The Morgan fingerprint density at radius 1 is 0.404 bits per heavy atom. The van der Waals surface area contributed by atoms with Gasteiger partial charge in [-0.3, -0.25) is 0 Å². The number of aromatic nitrogens is 2. The lowest BCUT2D eigenvalue weighted by Crippen LogP contribution is -1.94. The summed E-state index contributed by atoms with van der Waals surface area (Å²) in [7, 11) is 0. The minimum absolute atomic E-state index is 0.659. The van der Waals surface area contributed by atoms with Crippen molar-refractivity contribution in [3.63, 3.8) is 0 Å². The zero-order valence-corrected chi connectivity index (χ0v) is 25.2. The Hall–Kier alpha value is -6.57. The van der Waals surface area contributed by atoms with Gasteiger partial charge >= 0.3 is 0 Å². The predicted octanol–water partition coefficient (Wildman–Crippen LogP) is 11.3. The van der Waals surface area contributed by atoms with Crippen molar-refractivity contribution < 1.29 is 4.42 Å². The normalized spacial score (nSPS) is 11.8. The van der Waals surface area contributed by atoms with Gasteiger partial charge in [-0.2, -0.15) is 5.26 Å². The first-order chi connectivity index (χ1) is 23.2. The molecule has 218 valence electrons. The molecule has 7 aromatic carbocycles. The number of furan rings is 1. The first-order valence-corrected chi connectivity index (χ1v) is 15.7. The number of hydrogen-bond acceptors (Lipinski definition) is 2. The van der Waals surface area contributed by atoms with E-state index in [1.807, 2.05) is 18.2 Å². The molecule has 0 saturated carbocycles. The third-order valence-corrected chi connectivity index (χ3v) is 9.53. The summed E-state index contributed by atoms with van der Waals surface area (Å²) in [5.41, 5.74) is 11.4. The third-order valence-electron chi connectivity index (χ3n) is 9.53. The zero-order chi connectivity index (χ0) is 31.1. The summed E-state index contributed by atoms with van der Waals surface area (Å²) < 4.78 is 11.0. The SMILES string of the molecule is N#Cc1ccc2c(c1)c1ccccc1n2-c1ccc2oc3ccc(-c4cccc(-n5c6ccccc6c6ccccc65)c4)cc3c2c1. The molecule has 3 heterocycles. The van der Waals surface area contributed by atoms with Crippen molar-refractivity contribution in [2.45, 2.75) is 0 Å². The van der Waals surface area contributed by atoms with E-state index in [0.717, 1.165) is 66.2 Å². The quantitative estimate of drug-likeness (QED) is 0.203. The second-order valence-corrected chi connectivity index (χ2v) is 12.1. The van der Waals surface area contributed by atoms with Crippen LogP contribution in [0.3, 0.4) is 0 Å². The van der Waals surface area contributed by atoms with Crippen molar-refractivity contribution in [3.8, 4) is 28.6 Å². The largest absolute Gasteiger partial charge is 0.456 e. The molecule has 3 aromatic heterocycles. The monoisotopic (exact) mass is 599 g/mol. The van der Waals surface area contributed by atoms with Crippen LogP contribution in [0, 0.1) is 11.3 Å². The number of rotatable bonds is 3. The highest BCUT2D eigenvalue weighted by atomic mass is 16.3. The van der Waals surface area contributed by atoms with E-state index in [4.69, 9.17) is 4.42 Å². The number of fused-ring (bicyclic) bond motifs is 9. The molecule has 0 radical (unpaired) electrons. The summed E-state index contributed by atoms with van der Waals surface area (Å²) in [6.07, 6.45) is 0. The van der Waals surface area contributed by atoms with E-state index in [9.17, 15) is 5.26 Å². The Bertz CT molecular complexity index is 2880. The summed E-state index contributed by atoms with van der Waals surface area (Å²) in [6.45, 7) is 0. The molecule has 0 aliphatic rings. The maximum atomic E-state index is 9.57. The van der Waals surface area contributed by atoms with Crippen molar-refractivity contribution in [1.29, 1.82) is 5.26 Å². The number of nitrogens with zero attached hydrogens (tertiary/aromatic N) is 3. The summed E-state index contributed by atoms with van der Waals surface area (Å²) in [4.78, 5) is 0. The minimum Gasteiger partial charge on any atom is -0.456 e. The van der Waals surface area contributed by atoms with Gasteiger partial charge in [0.25, 0.3) is 0 Å². The fraction of sp³-hybridized carbons (Fsp3) is 0. The van der Waals surface area contributed by atoms with Crippen LogP contribution in [0.2, 0.25) is 0 Å². The molecule has 47 heavy (non-hydrogen) atoms. The van der Waals surface area contributed by atoms with Gasteiger partial charge in [0.2, 0.25) is 0 Å². The van der Waals surface area contributed by atoms with E-state index >= 15 is 0 Å². The number of benzene rings is 7. The second kappa shape index (κ2) is 9.71. The van der Waals surface area contributed by atoms with Crippen LogP contribution in [0.4, 0.5) is 0 Å². The lowest BCUT2D eigenvalue weighted by Gasteiger charge is -2.10. The summed E-state index contributed by atoms with van der Waals surface area (Å²) in [5.74, 6) is 0. The summed E-state index contributed by atoms with van der Waals surface area (Å²) in [5, 5.41) is 16.4. The van der Waals surface area contributed by atoms with Gasteiger partial charge in [-0.05, 0) is 90.0 Å². The van der Waals surface area contributed by atoms with Gasteiger partial charge in [0, 0.05) is 43.7 Å². The van der Waals surface area contributed by atoms with Gasteiger partial charge in [-0.1, -0.05) is 72.8 Å². The van der Waals surface area contributed by atoms with E-state index in [-0.39, 0.29) is 0 Å². The number of nitriles is 1. The molecule has 0 unspecified atom stereocenters. The smallest absolute Gasteiger partial charge is 0.135 e. The number of hydrogen-bond donors (Lipinski definition) is 0. The molecule has 0 bridgehead atoms. The summed E-state index contributed by atoms with van der Waals surface area (Å²) in [6, 6.07) is 55.5. The molecule has 0 fully saturated rings. The van der Waals surface area contributed by atoms with Crippen molar-refractivity contribution in [3.05, 3.63) is 157 Å². The van der Waals surface area contributed by atoms with Crippen LogP contribution in [-0.2, 0) is 0 Å². The lowest BCUT2D eigenvalue weighted by atomic mass is 10.0. The minimum atomic E-state index is 0.659. The Balaban J connectivity index is 1.14. The molecule has 0 spiro atoms. The van der Waals surface area contributed by atoms with E-state index in [1.54, 1.807) is 0 Å². The van der Waals surface area contributed by atoms with Crippen LogP contribution in [0.1, 0.15) is 5.56 Å². The summed E-state index contributed by atoms with van der Waals surface area (Å²) >= 11 is 0. The second-order valence-electron chi connectivity index (χ2n) is 12.1. The van der Waals surface area contributed by atoms with Crippen molar-refractivity contribution in [1.82, 2.24) is 9.13 Å². The maximum Gasteiger partial charge on any atom is 0.135 e. The molecule has 4 heteroatoms. The van der Waals surface area contributed by atoms with Crippen LogP contribution in [-0.4, -0.2) is 9.13 Å². The molecule has 0 atom stereocenters. The van der Waals surface area contributed by atoms with E-state index in [2.05, 4.69) is 149 Å². The van der Waals surface area contributed by atoms with Gasteiger partial charge in [0.1, 0.15) is 11.2 Å². The highest BCUT2D eigenvalue weighted by Gasteiger charge is 2.16. The first kappa shape index (κ1) is 25.7. The Kier molecular flexibility index (Phi) is 5.32. The highest BCUT2D eigenvalue weighted by Crippen LogP contribution is 2.38. The maximum absolute atomic E-state index is 9.57. The van der Waals surface area contributed by atoms with Crippen molar-refractivity contribution >= 4 is 65.6 Å². The van der Waals surface area contributed by atoms with Gasteiger partial charge in [-0.15, -0.1) is 0 Å². The van der Waals surface area contributed by atoms with Gasteiger partial charge < -0.3 is 13.6 Å². The molecular formula is C43H25N3O. The standard InChI is InChI=1S/C43H25N3O/c44-26-27-16-19-41-35(22-27)34-12-3-6-15-40(34)46(41)31-18-21-43-37(25-31)36-24-29(17-20-42(36)47-43)28-8-7-9-30(23-28)45-38-13-4-1-10-32(38)33-11-2-5-14-39(33)45/h1-25H. The first-order valence-electron chi connectivity index (χ1n) is 15.7. The third kappa shape index (κ3) is 3.75. The van der Waals surface area contributed by atoms with Crippen LogP contribution < -0.4 is 0 Å². The van der Waals surface area contributed by atoms with Gasteiger partial charge in [-0.25, -0.2) is 0 Å². The Labute approximate surface area is 269 Å². The molecule has 0 N–H and O–H groups in total. The van der Waals surface area contributed by atoms with E-state index < -0.39 is 0 Å². The average molecular weight is 600 g/mol. The highest BCUT2D eigenvalue weighted by molar-refractivity contribution is 6.12. The topological polar surface area (TPSA) is 46.8 Å². The van der Waals surface area contributed by atoms with Crippen LogP contribution >= 0.6 is 0 Å². The Morgan fingerprint density at radius 2 is 0.957 bits per heavy atom. The Morgan fingerprint density at radius 3 is 1.64 bits per heavy atom. The fourth-order valence-corrected chi connectivity index (χ4v) is 7.43. The molecule has 4 nitrogen and oxygen atoms in total. The molecule has 0 aliphatic carbocycles. The molecular weight excluding hydrogens is 574 g/mol. The van der Waals surface area contributed by atoms with E-state index in [1.165, 1.54) is 21.8 Å². The van der Waals surface area contributed by atoms with Crippen LogP contribution in [0.5, 0.6) is 0 Å². The molecule has 0 amide bonds. The van der Waals surface area contributed by atoms with Gasteiger partial charge in [0.05, 0.1) is 33.7 Å². The van der Waals surface area contributed by atoms with E-state index in [0.29, 0.717) is 5.56 Å². The molecule has 0 aliphatic heterocycles. The van der Waals surface area contributed by atoms with Gasteiger partial charge in [0.15, 0.2) is 0 Å². The zero-order valence-electron chi connectivity index (χ0n) is 25.2. The lowest BCUT2D eigenvalue weighted by molar-refractivity contribution is 0.669. The van der Waals surface area contributed by atoms with Crippen molar-refractivity contribution in [2.75, 3.05) is 0 Å². The average Bonchev–Trinajstić information content (AvgIpc) is 3.78. The molecule has 10 rings (SSSR count). The number of para-hydroxylation sites is 3. The fourth-order valence-electron chi connectivity index (χ4n) is 7.43. The molecule has 10 aromatic rings.